The SMILES string of the molecule is Cc1cc(C(=O)O)cc(C)c1OC(=O)c1c2ccccc2[n+](C)c2ccc(CN3C(=O)c4ccccc4C3=O)cc12. The minimum atomic E-state index is -1.06. The van der Waals surface area contributed by atoms with Gasteiger partial charge >= 0.3 is 11.9 Å². The molecule has 2 heterocycles. The summed E-state index contributed by atoms with van der Waals surface area (Å²) >= 11 is 0. The molecular formula is C33H25N2O6+. The van der Waals surface area contributed by atoms with Crippen LogP contribution in [0.15, 0.2) is 78.9 Å². The lowest BCUT2D eigenvalue weighted by atomic mass is 9.99. The van der Waals surface area contributed by atoms with Crippen LogP contribution in [-0.2, 0) is 13.6 Å². The van der Waals surface area contributed by atoms with E-state index in [9.17, 15) is 24.3 Å². The molecule has 1 aliphatic heterocycles. The van der Waals surface area contributed by atoms with E-state index in [0.717, 1.165) is 11.0 Å². The number of amides is 2. The van der Waals surface area contributed by atoms with Crippen molar-refractivity contribution in [1.82, 2.24) is 4.90 Å². The molecule has 0 atom stereocenters. The molecule has 2 amide bonds. The highest BCUT2D eigenvalue weighted by Gasteiger charge is 2.35. The average molecular weight is 546 g/mol. The monoisotopic (exact) mass is 545 g/mol. The maximum Gasteiger partial charge on any atom is 0.345 e. The number of pyridine rings is 1. The van der Waals surface area contributed by atoms with E-state index in [2.05, 4.69) is 0 Å². The van der Waals surface area contributed by atoms with Gasteiger partial charge in [-0.25, -0.2) is 9.59 Å². The van der Waals surface area contributed by atoms with Crippen molar-refractivity contribution < 1.29 is 33.6 Å². The van der Waals surface area contributed by atoms with Gasteiger partial charge in [0.05, 0.1) is 39.6 Å². The van der Waals surface area contributed by atoms with E-state index in [-0.39, 0.29) is 23.9 Å². The Morgan fingerprint density at radius 2 is 1.39 bits per heavy atom. The van der Waals surface area contributed by atoms with Crippen molar-refractivity contribution in [2.75, 3.05) is 0 Å². The Kier molecular flexibility index (Phi) is 6.11. The summed E-state index contributed by atoms with van der Waals surface area (Å²) in [7, 11) is 1.91. The van der Waals surface area contributed by atoms with Crippen LogP contribution < -0.4 is 9.30 Å². The lowest BCUT2D eigenvalue weighted by Crippen LogP contribution is -2.32. The van der Waals surface area contributed by atoms with Crippen LogP contribution >= 0.6 is 0 Å². The second-order valence-corrected chi connectivity index (χ2v) is 10.2. The molecule has 41 heavy (non-hydrogen) atoms. The Hall–Kier alpha value is -5.37. The molecule has 1 aromatic heterocycles. The first kappa shape index (κ1) is 25.9. The normalized spacial score (nSPS) is 12.7. The van der Waals surface area contributed by atoms with Crippen molar-refractivity contribution in [3.8, 4) is 5.75 Å². The maximum atomic E-state index is 13.9. The molecular weight excluding hydrogens is 520 g/mol. The Morgan fingerprint density at radius 1 is 0.805 bits per heavy atom. The number of imide groups is 1. The van der Waals surface area contributed by atoms with E-state index in [1.807, 2.05) is 54.1 Å². The predicted molar refractivity (Wildman–Crippen MR) is 151 cm³/mol. The molecule has 0 unspecified atom stereocenters. The predicted octanol–water partition coefficient (Wildman–Crippen LogP) is 5.15. The van der Waals surface area contributed by atoms with Crippen molar-refractivity contribution in [3.05, 3.63) is 118 Å². The fourth-order valence-corrected chi connectivity index (χ4v) is 5.59. The van der Waals surface area contributed by atoms with Crippen molar-refractivity contribution in [1.29, 1.82) is 0 Å². The average Bonchev–Trinajstić information content (AvgIpc) is 3.19. The van der Waals surface area contributed by atoms with Gasteiger partial charge < -0.3 is 9.84 Å². The number of carbonyl (C=O) groups is 4. The molecule has 202 valence electrons. The number of fused-ring (bicyclic) bond motifs is 3. The number of aryl methyl sites for hydroxylation is 3. The number of aromatic nitrogens is 1. The Bertz CT molecular complexity index is 1920. The summed E-state index contributed by atoms with van der Waals surface area (Å²) in [6, 6.07) is 22.7. The largest absolute Gasteiger partial charge is 0.478 e. The summed E-state index contributed by atoms with van der Waals surface area (Å²) in [5, 5.41) is 10.7. The number of rotatable bonds is 5. The molecule has 0 saturated carbocycles. The third-order valence-electron chi connectivity index (χ3n) is 7.55. The van der Waals surface area contributed by atoms with Gasteiger partial charge in [-0.05, 0) is 66.9 Å². The molecule has 1 aliphatic rings. The molecule has 5 aromatic rings. The highest BCUT2D eigenvalue weighted by Crippen LogP contribution is 2.31. The van der Waals surface area contributed by atoms with Gasteiger partial charge in [0.2, 0.25) is 11.0 Å². The molecule has 0 radical (unpaired) electrons. The van der Waals surface area contributed by atoms with E-state index in [4.69, 9.17) is 4.74 Å². The van der Waals surface area contributed by atoms with Crippen LogP contribution in [0.1, 0.15) is 58.1 Å². The zero-order chi connectivity index (χ0) is 29.0. The summed E-state index contributed by atoms with van der Waals surface area (Å²) in [6.07, 6.45) is 0. The number of aromatic carboxylic acids is 1. The molecule has 1 N–H and O–H groups in total. The summed E-state index contributed by atoms with van der Waals surface area (Å²) in [5.41, 5.74) is 4.49. The number of carbonyl (C=O) groups excluding carboxylic acids is 3. The van der Waals surface area contributed by atoms with Crippen LogP contribution in [0.5, 0.6) is 5.75 Å². The van der Waals surface area contributed by atoms with Crippen molar-refractivity contribution in [3.63, 3.8) is 0 Å². The highest BCUT2D eigenvalue weighted by atomic mass is 16.5. The second kappa shape index (κ2) is 9.67. The van der Waals surface area contributed by atoms with Gasteiger partial charge in [0.1, 0.15) is 12.8 Å². The topological polar surface area (TPSA) is 105 Å². The zero-order valence-corrected chi connectivity index (χ0v) is 22.6. The number of hydrogen-bond acceptors (Lipinski definition) is 5. The Labute approximate surface area is 235 Å². The molecule has 8 nitrogen and oxygen atoms in total. The zero-order valence-electron chi connectivity index (χ0n) is 22.6. The molecule has 4 aromatic carbocycles. The number of carboxylic acid groups (broad SMARTS) is 1. The number of benzene rings is 4. The summed E-state index contributed by atoms with van der Waals surface area (Å²) in [4.78, 5) is 52.6. The van der Waals surface area contributed by atoms with Crippen molar-refractivity contribution in [2.24, 2.45) is 7.05 Å². The van der Waals surface area contributed by atoms with Crippen LogP contribution in [-0.4, -0.2) is 33.8 Å². The number of esters is 1. The quantitative estimate of drug-likeness (QED) is 0.108. The van der Waals surface area contributed by atoms with Gasteiger partial charge in [0.25, 0.3) is 11.8 Å². The Balaban J connectivity index is 1.46. The minimum absolute atomic E-state index is 0.0438. The molecule has 0 aliphatic carbocycles. The van der Waals surface area contributed by atoms with E-state index >= 15 is 0 Å². The third-order valence-corrected chi connectivity index (χ3v) is 7.55. The molecule has 0 saturated heterocycles. The Morgan fingerprint density at radius 3 is 2.02 bits per heavy atom. The van der Waals surface area contributed by atoms with Gasteiger partial charge in [-0.2, -0.15) is 4.57 Å². The summed E-state index contributed by atoms with van der Waals surface area (Å²) in [6.45, 7) is 3.44. The van der Waals surface area contributed by atoms with E-state index in [0.29, 0.717) is 49.9 Å². The molecule has 0 spiro atoms. The van der Waals surface area contributed by atoms with Crippen LogP contribution in [0.3, 0.4) is 0 Å². The first-order valence-corrected chi connectivity index (χ1v) is 13.0. The molecule has 0 bridgehead atoms. The number of carboxylic acids is 1. The summed E-state index contributed by atoms with van der Waals surface area (Å²) < 4.78 is 7.92. The first-order chi connectivity index (χ1) is 19.7. The van der Waals surface area contributed by atoms with Gasteiger partial charge in [0, 0.05) is 12.1 Å². The number of ether oxygens (including phenoxy) is 1. The van der Waals surface area contributed by atoms with E-state index in [1.54, 1.807) is 38.1 Å². The van der Waals surface area contributed by atoms with Crippen molar-refractivity contribution >= 4 is 45.6 Å². The molecule has 8 heteroatoms. The van der Waals surface area contributed by atoms with Gasteiger partial charge in [0.15, 0.2) is 0 Å². The highest BCUT2D eigenvalue weighted by molar-refractivity contribution is 6.21. The van der Waals surface area contributed by atoms with Gasteiger partial charge in [-0.1, -0.05) is 30.3 Å². The standard InChI is InChI=1S/C33H24N2O6/c1-18-14-21(32(38)39)15-19(2)29(18)41-33(40)28-24-10-6-7-11-26(24)34(3)27-13-12-20(16-25(27)28)17-35-30(36)22-8-4-5-9-23(22)31(35)37/h4-16H,17H2,1-3H3/p+1. The molecule has 0 fully saturated rings. The lowest BCUT2D eigenvalue weighted by Gasteiger charge is -2.16. The molecule has 6 rings (SSSR count). The van der Waals surface area contributed by atoms with E-state index in [1.165, 1.54) is 17.0 Å². The summed E-state index contributed by atoms with van der Waals surface area (Å²) in [5.74, 6) is -2.07. The fourth-order valence-electron chi connectivity index (χ4n) is 5.59. The van der Waals surface area contributed by atoms with Crippen LogP contribution in [0.2, 0.25) is 0 Å². The number of nitrogens with zero attached hydrogens (tertiary/aromatic N) is 2. The lowest BCUT2D eigenvalue weighted by molar-refractivity contribution is -0.617. The van der Waals surface area contributed by atoms with Crippen molar-refractivity contribution in [2.45, 2.75) is 20.4 Å². The second-order valence-electron chi connectivity index (χ2n) is 10.2. The van der Waals surface area contributed by atoms with Crippen LogP contribution in [0.25, 0.3) is 21.8 Å². The number of hydrogen-bond donors (Lipinski definition) is 1. The smallest absolute Gasteiger partial charge is 0.345 e. The van der Waals surface area contributed by atoms with Crippen LogP contribution in [0.4, 0.5) is 0 Å². The fraction of sp³-hybridized carbons (Fsp3) is 0.121. The minimum Gasteiger partial charge on any atom is -0.478 e. The van der Waals surface area contributed by atoms with Gasteiger partial charge in [-0.15, -0.1) is 0 Å². The van der Waals surface area contributed by atoms with E-state index < -0.39 is 11.9 Å². The third kappa shape index (κ3) is 4.21. The van der Waals surface area contributed by atoms with Crippen LogP contribution in [0, 0.1) is 13.8 Å². The maximum absolute atomic E-state index is 13.9. The van der Waals surface area contributed by atoms with Gasteiger partial charge in [-0.3, -0.25) is 14.5 Å². The number of para-hydroxylation sites is 1. The first-order valence-electron chi connectivity index (χ1n) is 13.0.